The molecular formula is C14H17ClFN3. The van der Waals surface area contributed by atoms with Gasteiger partial charge in [0.2, 0.25) is 0 Å². The lowest BCUT2D eigenvalue weighted by molar-refractivity contribution is 0.549. The van der Waals surface area contributed by atoms with Gasteiger partial charge >= 0.3 is 0 Å². The van der Waals surface area contributed by atoms with Crippen molar-refractivity contribution in [2.75, 3.05) is 6.54 Å². The van der Waals surface area contributed by atoms with Crippen molar-refractivity contribution in [3.63, 3.8) is 0 Å². The van der Waals surface area contributed by atoms with Crippen LogP contribution >= 0.6 is 11.6 Å². The predicted molar refractivity (Wildman–Crippen MR) is 74.8 cm³/mol. The lowest BCUT2D eigenvalue weighted by Gasteiger charge is -2.20. The van der Waals surface area contributed by atoms with E-state index in [1.54, 1.807) is 12.3 Å². The first-order valence-electron chi connectivity index (χ1n) is 6.29. The second-order valence-electron chi connectivity index (χ2n) is 4.45. The topological polar surface area (TPSA) is 29.9 Å². The van der Waals surface area contributed by atoms with Gasteiger partial charge in [-0.3, -0.25) is 0 Å². The molecule has 1 aromatic carbocycles. The number of nitrogens with zero attached hydrogens (tertiary/aromatic N) is 2. The Balaban J connectivity index is 2.42. The predicted octanol–water partition coefficient (Wildman–Crippen LogP) is 3.30. The largest absolute Gasteiger partial charge is 0.336 e. The summed E-state index contributed by atoms with van der Waals surface area (Å²) in [5.74, 6) is 0.526. The zero-order chi connectivity index (χ0) is 13.8. The molecule has 1 atom stereocenters. The van der Waals surface area contributed by atoms with Crippen LogP contribution in [0.2, 0.25) is 5.02 Å². The zero-order valence-electron chi connectivity index (χ0n) is 11.0. The van der Waals surface area contributed by atoms with Crippen molar-refractivity contribution in [1.82, 2.24) is 14.9 Å². The number of aryl methyl sites for hydroxylation is 1. The molecule has 1 N–H and O–H groups in total. The van der Waals surface area contributed by atoms with Crippen molar-refractivity contribution in [2.45, 2.75) is 19.4 Å². The molecule has 19 heavy (non-hydrogen) atoms. The lowest BCUT2D eigenvalue weighted by atomic mass is 10.1. The minimum absolute atomic E-state index is 0.205. The van der Waals surface area contributed by atoms with Crippen LogP contribution in [0.1, 0.15) is 30.8 Å². The SMILES string of the molecule is CCCNC(c1cc(F)ccc1Cl)c1nccn1C. The van der Waals surface area contributed by atoms with E-state index in [2.05, 4.69) is 17.2 Å². The Morgan fingerprint density at radius 2 is 2.26 bits per heavy atom. The highest BCUT2D eigenvalue weighted by Gasteiger charge is 2.20. The molecule has 0 saturated heterocycles. The van der Waals surface area contributed by atoms with Gasteiger partial charge in [-0.05, 0) is 36.7 Å². The van der Waals surface area contributed by atoms with E-state index in [1.165, 1.54) is 12.1 Å². The fourth-order valence-corrected chi connectivity index (χ4v) is 2.25. The van der Waals surface area contributed by atoms with E-state index >= 15 is 0 Å². The first-order chi connectivity index (χ1) is 9.13. The zero-order valence-corrected chi connectivity index (χ0v) is 11.8. The van der Waals surface area contributed by atoms with Crippen LogP contribution in [0.4, 0.5) is 4.39 Å². The Morgan fingerprint density at radius 3 is 2.89 bits per heavy atom. The molecule has 0 aliphatic carbocycles. The van der Waals surface area contributed by atoms with Crippen LogP contribution in [0, 0.1) is 5.82 Å². The second kappa shape index (κ2) is 6.17. The Hall–Kier alpha value is -1.39. The summed E-state index contributed by atoms with van der Waals surface area (Å²) in [7, 11) is 1.91. The summed E-state index contributed by atoms with van der Waals surface area (Å²) in [5, 5.41) is 3.90. The standard InChI is InChI=1S/C14H17ClFN3/c1-3-6-17-13(14-18-7-8-19(14)2)11-9-10(16)4-5-12(11)15/h4-5,7-9,13,17H,3,6H2,1-2H3. The number of halogens is 2. The van der Waals surface area contributed by atoms with E-state index < -0.39 is 0 Å². The highest BCUT2D eigenvalue weighted by atomic mass is 35.5. The first-order valence-corrected chi connectivity index (χ1v) is 6.66. The second-order valence-corrected chi connectivity index (χ2v) is 4.86. The highest BCUT2D eigenvalue weighted by Crippen LogP contribution is 2.28. The smallest absolute Gasteiger partial charge is 0.130 e. The van der Waals surface area contributed by atoms with Gasteiger partial charge in [-0.2, -0.15) is 0 Å². The maximum absolute atomic E-state index is 13.5. The van der Waals surface area contributed by atoms with E-state index in [1.807, 2.05) is 17.8 Å². The molecule has 0 aliphatic rings. The minimum atomic E-state index is -0.295. The normalized spacial score (nSPS) is 12.6. The van der Waals surface area contributed by atoms with Crippen molar-refractivity contribution < 1.29 is 4.39 Å². The molecule has 1 unspecified atom stereocenters. The summed E-state index contributed by atoms with van der Waals surface area (Å²) in [6.45, 7) is 2.89. The molecule has 0 fully saturated rings. The number of hydrogen-bond donors (Lipinski definition) is 1. The quantitative estimate of drug-likeness (QED) is 0.911. The molecular weight excluding hydrogens is 265 g/mol. The van der Waals surface area contributed by atoms with E-state index in [4.69, 9.17) is 11.6 Å². The van der Waals surface area contributed by atoms with Crippen molar-refractivity contribution in [2.24, 2.45) is 7.05 Å². The molecule has 2 aromatic rings. The van der Waals surface area contributed by atoms with Crippen LogP contribution in [-0.2, 0) is 7.05 Å². The Labute approximate surface area is 117 Å². The highest BCUT2D eigenvalue weighted by molar-refractivity contribution is 6.31. The summed E-state index contributed by atoms with van der Waals surface area (Å²) in [6.07, 6.45) is 4.57. The molecule has 0 bridgehead atoms. The van der Waals surface area contributed by atoms with E-state index in [0.29, 0.717) is 10.6 Å². The van der Waals surface area contributed by atoms with Crippen LogP contribution in [0.25, 0.3) is 0 Å². The number of hydrogen-bond acceptors (Lipinski definition) is 2. The van der Waals surface area contributed by atoms with Gasteiger partial charge in [0.25, 0.3) is 0 Å². The van der Waals surface area contributed by atoms with Crippen molar-refractivity contribution >= 4 is 11.6 Å². The van der Waals surface area contributed by atoms with Gasteiger partial charge in [-0.15, -0.1) is 0 Å². The number of benzene rings is 1. The summed E-state index contributed by atoms with van der Waals surface area (Å²) in [4.78, 5) is 4.34. The van der Waals surface area contributed by atoms with Crippen molar-refractivity contribution in [3.05, 3.63) is 52.8 Å². The molecule has 0 spiro atoms. The van der Waals surface area contributed by atoms with Crippen LogP contribution in [-0.4, -0.2) is 16.1 Å². The van der Waals surface area contributed by atoms with Crippen LogP contribution in [0.5, 0.6) is 0 Å². The lowest BCUT2D eigenvalue weighted by Crippen LogP contribution is -2.26. The number of imidazole rings is 1. The molecule has 0 aliphatic heterocycles. The van der Waals surface area contributed by atoms with E-state index in [9.17, 15) is 4.39 Å². The number of aromatic nitrogens is 2. The minimum Gasteiger partial charge on any atom is -0.336 e. The number of nitrogens with one attached hydrogen (secondary N) is 1. The molecule has 102 valence electrons. The van der Waals surface area contributed by atoms with Gasteiger partial charge in [0, 0.05) is 24.5 Å². The molecule has 0 amide bonds. The molecule has 0 saturated carbocycles. The monoisotopic (exact) mass is 281 g/mol. The number of rotatable bonds is 5. The van der Waals surface area contributed by atoms with Gasteiger partial charge < -0.3 is 9.88 Å². The van der Waals surface area contributed by atoms with E-state index in [-0.39, 0.29) is 11.9 Å². The van der Waals surface area contributed by atoms with Gasteiger partial charge in [0.1, 0.15) is 11.6 Å². The molecule has 2 rings (SSSR count). The van der Waals surface area contributed by atoms with Crippen molar-refractivity contribution in [3.8, 4) is 0 Å². The van der Waals surface area contributed by atoms with Gasteiger partial charge in [0.05, 0.1) is 6.04 Å². The van der Waals surface area contributed by atoms with Gasteiger partial charge in [0.15, 0.2) is 0 Å². The average Bonchev–Trinajstić information content (AvgIpc) is 2.80. The molecule has 3 nitrogen and oxygen atoms in total. The summed E-state index contributed by atoms with van der Waals surface area (Å²) in [5.41, 5.74) is 0.712. The molecule has 1 aromatic heterocycles. The van der Waals surface area contributed by atoms with Gasteiger partial charge in [-0.1, -0.05) is 18.5 Å². The van der Waals surface area contributed by atoms with Crippen LogP contribution < -0.4 is 5.32 Å². The maximum Gasteiger partial charge on any atom is 0.130 e. The molecule has 1 heterocycles. The third-order valence-electron chi connectivity index (χ3n) is 2.98. The Kier molecular flexibility index (Phi) is 4.56. The van der Waals surface area contributed by atoms with Crippen LogP contribution in [0.3, 0.4) is 0 Å². The Morgan fingerprint density at radius 1 is 1.47 bits per heavy atom. The molecule has 0 radical (unpaired) electrons. The van der Waals surface area contributed by atoms with Crippen LogP contribution in [0.15, 0.2) is 30.6 Å². The summed E-state index contributed by atoms with van der Waals surface area (Å²) < 4.78 is 15.4. The van der Waals surface area contributed by atoms with Gasteiger partial charge in [-0.25, -0.2) is 9.37 Å². The summed E-state index contributed by atoms with van der Waals surface area (Å²) >= 11 is 6.20. The fraction of sp³-hybridized carbons (Fsp3) is 0.357. The maximum atomic E-state index is 13.5. The fourth-order valence-electron chi connectivity index (χ4n) is 2.02. The average molecular weight is 282 g/mol. The molecule has 5 heteroatoms. The first kappa shape index (κ1) is 14.0. The van der Waals surface area contributed by atoms with E-state index in [0.717, 1.165) is 18.8 Å². The van der Waals surface area contributed by atoms with Crippen molar-refractivity contribution in [1.29, 1.82) is 0 Å². The summed E-state index contributed by atoms with van der Waals surface area (Å²) in [6, 6.07) is 4.20. The third-order valence-corrected chi connectivity index (χ3v) is 3.33. The third kappa shape index (κ3) is 3.14. The Bertz CT molecular complexity index is 553.